The molecule has 10 heteroatoms. The molecule has 3 aliphatic rings. The quantitative estimate of drug-likeness (QED) is 0.524. The van der Waals surface area contributed by atoms with Crippen LogP contribution in [0, 0.1) is 0 Å². The number of piperazine rings is 1. The summed E-state index contributed by atoms with van der Waals surface area (Å²) in [6.07, 6.45) is 4.56. The Bertz CT molecular complexity index is 1270. The molecular weight excluding hydrogens is 476 g/mol. The number of aromatic nitrogens is 2. The van der Waals surface area contributed by atoms with Crippen LogP contribution in [-0.4, -0.2) is 74.0 Å². The van der Waals surface area contributed by atoms with Crippen molar-refractivity contribution in [3.63, 3.8) is 0 Å². The Morgan fingerprint density at radius 1 is 1.14 bits per heavy atom. The highest BCUT2D eigenvalue weighted by molar-refractivity contribution is 7.17. The molecule has 1 aromatic carbocycles. The van der Waals surface area contributed by atoms with E-state index in [1.807, 2.05) is 25.3 Å². The molecule has 5 heterocycles. The molecule has 190 valence electrons. The topological polar surface area (TPSA) is 106 Å². The van der Waals surface area contributed by atoms with Gasteiger partial charge >= 0.3 is 0 Å². The third-order valence-electron chi connectivity index (χ3n) is 7.87. The van der Waals surface area contributed by atoms with Gasteiger partial charge in [-0.2, -0.15) is 4.98 Å². The van der Waals surface area contributed by atoms with Crippen LogP contribution in [0.25, 0.3) is 21.3 Å². The summed E-state index contributed by atoms with van der Waals surface area (Å²) in [5.74, 6) is 2.12. The molecule has 1 amide bonds. The van der Waals surface area contributed by atoms with Crippen LogP contribution < -0.4 is 25.6 Å². The first-order chi connectivity index (χ1) is 17.6. The van der Waals surface area contributed by atoms with Crippen molar-refractivity contribution in [2.24, 2.45) is 5.73 Å². The van der Waals surface area contributed by atoms with Gasteiger partial charge in [-0.05, 0) is 31.7 Å². The van der Waals surface area contributed by atoms with Crippen LogP contribution in [0.2, 0.25) is 0 Å². The maximum absolute atomic E-state index is 11.9. The molecule has 9 nitrogen and oxygen atoms in total. The van der Waals surface area contributed by atoms with Crippen LogP contribution in [0.5, 0.6) is 5.75 Å². The Balaban J connectivity index is 1.50. The molecule has 0 saturated carbocycles. The zero-order chi connectivity index (χ0) is 24.8. The molecule has 3 unspecified atom stereocenters. The van der Waals surface area contributed by atoms with Gasteiger partial charge < -0.3 is 30.3 Å². The Morgan fingerprint density at radius 2 is 1.92 bits per heavy atom. The van der Waals surface area contributed by atoms with Gasteiger partial charge in [0.15, 0.2) is 0 Å². The van der Waals surface area contributed by atoms with Gasteiger partial charge in [0.1, 0.15) is 22.4 Å². The summed E-state index contributed by atoms with van der Waals surface area (Å²) >= 11 is 1.63. The van der Waals surface area contributed by atoms with Crippen LogP contribution in [0.4, 0.5) is 11.8 Å². The van der Waals surface area contributed by atoms with Gasteiger partial charge in [-0.25, -0.2) is 4.98 Å². The predicted octanol–water partition coefficient (Wildman–Crippen LogP) is 2.78. The average Bonchev–Trinajstić information content (AvgIpc) is 3.45. The van der Waals surface area contributed by atoms with Gasteiger partial charge in [-0.3, -0.25) is 4.79 Å². The number of amides is 1. The normalized spacial score (nSPS) is 25.9. The van der Waals surface area contributed by atoms with Crippen molar-refractivity contribution in [2.75, 3.05) is 43.7 Å². The molecule has 3 fully saturated rings. The average molecular weight is 509 g/mol. The van der Waals surface area contributed by atoms with Gasteiger partial charge in [0, 0.05) is 55.3 Å². The van der Waals surface area contributed by atoms with Gasteiger partial charge in [0.25, 0.3) is 0 Å². The molecule has 3 N–H and O–H groups in total. The lowest BCUT2D eigenvalue weighted by Gasteiger charge is -2.40. The number of methoxy groups -OCH3 is 2. The SMILES string of the molecule is COc1ccccc1-c1csc2nc(N3CCNC(C(N)=O)C3)nc(N3C4CCC3CC(OC)C4)c12. The summed E-state index contributed by atoms with van der Waals surface area (Å²) in [4.78, 5) is 27.7. The molecule has 2 aromatic heterocycles. The summed E-state index contributed by atoms with van der Waals surface area (Å²) < 4.78 is 11.5. The number of hydrogen-bond donors (Lipinski definition) is 2. The number of nitrogens with two attached hydrogens (primary N) is 1. The third-order valence-corrected chi connectivity index (χ3v) is 8.74. The van der Waals surface area contributed by atoms with E-state index in [0.29, 0.717) is 31.1 Å². The van der Waals surface area contributed by atoms with Crippen LogP contribution in [0.1, 0.15) is 25.7 Å². The van der Waals surface area contributed by atoms with E-state index in [-0.39, 0.29) is 12.0 Å². The summed E-state index contributed by atoms with van der Waals surface area (Å²) in [6, 6.07) is 8.46. The zero-order valence-corrected chi connectivity index (χ0v) is 21.5. The number of piperidine rings is 1. The number of nitrogens with zero attached hydrogens (tertiary/aromatic N) is 4. The fraction of sp³-hybridized carbons (Fsp3) is 0.500. The predicted molar refractivity (Wildman–Crippen MR) is 142 cm³/mol. The van der Waals surface area contributed by atoms with Gasteiger partial charge in [-0.1, -0.05) is 18.2 Å². The molecule has 3 aliphatic heterocycles. The largest absolute Gasteiger partial charge is 0.496 e. The summed E-state index contributed by atoms with van der Waals surface area (Å²) in [5.41, 5.74) is 7.75. The maximum atomic E-state index is 11.9. The van der Waals surface area contributed by atoms with E-state index >= 15 is 0 Å². The van der Waals surface area contributed by atoms with Gasteiger partial charge in [-0.15, -0.1) is 11.3 Å². The number of fused-ring (bicyclic) bond motifs is 3. The highest BCUT2D eigenvalue weighted by Gasteiger charge is 2.43. The van der Waals surface area contributed by atoms with Crippen LogP contribution in [0.3, 0.4) is 0 Å². The number of benzene rings is 1. The molecule has 2 bridgehead atoms. The van der Waals surface area contributed by atoms with E-state index in [4.69, 9.17) is 25.2 Å². The minimum Gasteiger partial charge on any atom is -0.496 e. The second-order valence-electron chi connectivity index (χ2n) is 9.85. The fourth-order valence-electron chi connectivity index (χ4n) is 6.09. The van der Waals surface area contributed by atoms with E-state index < -0.39 is 6.04 Å². The lowest BCUT2D eigenvalue weighted by Crippen LogP contribution is -2.56. The van der Waals surface area contributed by atoms with E-state index in [9.17, 15) is 4.79 Å². The molecule has 3 aromatic rings. The second kappa shape index (κ2) is 9.49. The molecule has 0 spiro atoms. The number of para-hydroxylation sites is 1. The Kier molecular flexibility index (Phi) is 6.18. The van der Waals surface area contributed by atoms with E-state index in [1.54, 1.807) is 18.4 Å². The molecule has 6 rings (SSSR count). The van der Waals surface area contributed by atoms with Crippen LogP contribution in [0.15, 0.2) is 29.6 Å². The standard InChI is InChI=1S/C26H32N6O3S/c1-34-17-11-15-7-8-16(12-17)32(15)24-22-19(18-5-3-4-6-21(18)35-2)14-36-25(22)30-26(29-24)31-10-9-28-20(13-31)23(27)33/h3-6,14-17,20,28H,7-13H2,1-2H3,(H2,27,33). The lowest BCUT2D eigenvalue weighted by molar-refractivity contribution is -0.120. The minimum atomic E-state index is -0.414. The monoisotopic (exact) mass is 508 g/mol. The number of hydrogen-bond acceptors (Lipinski definition) is 9. The highest BCUT2D eigenvalue weighted by Crippen LogP contribution is 2.47. The Morgan fingerprint density at radius 3 is 2.64 bits per heavy atom. The fourth-order valence-corrected chi connectivity index (χ4v) is 7.02. The number of nitrogens with one attached hydrogen (secondary N) is 1. The molecule has 0 radical (unpaired) electrons. The van der Waals surface area contributed by atoms with E-state index in [1.165, 1.54) is 0 Å². The molecule has 0 aliphatic carbocycles. The third kappa shape index (κ3) is 3.97. The summed E-state index contributed by atoms with van der Waals surface area (Å²) in [7, 11) is 3.52. The van der Waals surface area contributed by atoms with Crippen LogP contribution >= 0.6 is 11.3 Å². The van der Waals surface area contributed by atoms with Gasteiger partial charge in [0.2, 0.25) is 11.9 Å². The number of primary amides is 1. The van der Waals surface area contributed by atoms with Crippen molar-refractivity contribution in [1.82, 2.24) is 15.3 Å². The van der Waals surface area contributed by atoms with Crippen molar-refractivity contribution in [3.05, 3.63) is 29.6 Å². The zero-order valence-electron chi connectivity index (χ0n) is 20.6. The molecule has 3 atom stereocenters. The number of thiophene rings is 1. The Labute approximate surface area is 214 Å². The number of carbonyl (C=O) groups excluding carboxylic acids is 1. The van der Waals surface area contributed by atoms with E-state index in [0.717, 1.165) is 65.1 Å². The first-order valence-electron chi connectivity index (χ1n) is 12.6. The van der Waals surface area contributed by atoms with Crippen molar-refractivity contribution in [3.8, 4) is 16.9 Å². The maximum Gasteiger partial charge on any atom is 0.236 e. The van der Waals surface area contributed by atoms with Gasteiger partial charge in [0.05, 0.1) is 18.6 Å². The lowest BCUT2D eigenvalue weighted by atomic mass is 9.98. The van der Waals surface area contributed by atoms with E-state index in [2.05, 4.69) is 26.6 Å². The second-order valence-corrected chi connectivity index (χ2v) is 10.7. The number of anilines is 2. The first-order valence-corrected chi connectivity index (χ1v) is 13.5. The minimum absolute atomic E-state index is 0.288. The number of carbonyl (C=O) groups is 1. The molecule has 3 saturated heterocycles. The molecule has 36 heavy (non-hydrogen) atoms. The Hall–Kier alpha value is -2.95. The summed E-state index contributed by atoms with van der Waals surface area (Å²) in [6.45, 7) is 1.84. The summed E-state index contributed by atoms with van der Waals surface area (Å²) in [5, 5.41) is 6.44. The van der Waals surface area contributed by atoms with Crippen LogP contribution in [-0.2, 0) is 9.53 Å². The number of rotatable bonds is 6. The van der Waals surface area contributed by atoms with Crippen molar-refractivity contribution >= 4 is 39.2 Å². The molecular formula is C26H32N6O3S. The smallest absolute Gasteiger partial charge is 0.236 e. The van der Waals surface area contributed by atoms with Crippen molar-refractivity contribution in [1.29, 1.82) is 0 Å². The highest BCUT2D eigenvalue weighted by atomic mass is 32.1. The van der Waals surface area contributed by atoms with Crippen molar-refractivity contribution < 1.29 is 14.3 Å². The first kappa shape index (κ1) is 23.4. The number of ether oxygens (including phenoxy) is 2. The van der Waals surface area contributed by atoms with Crippen molar-refractivity contribution in [2.45, 2.75) is 49.9 Å².